The number of benzene rings is 1. The highest BCUT2D eigenvalue weighted by Gasteiger charge is 2.44. The Morgan fingerprint density at radius 3 is 2.68 bits per heavy atom. The van der Waals surface area contributed by atoms with Crippen LogP contribution >= 0.6 is 12.4 Å². The van der Waals surface area contributed by atoms with Gasteiger partial charge in [0.15, 0.2) is 0 Å². The molecule has 0 spiro atoms. The number of nitrogens with one attached hydrogen (secondary N) is 2. The number of amides is 1. The Labute approximate surface area is 151 Å². The molecule has 1 aromatic rings. The third kappa shape index (κ3) is 5.33. The summed E-state index contributed by atoms with van der Waals surface area (Å²) in [6.07, 6.45) is -3.72. The van der Waals surface area contributed by atoms with Crippen LogP contribution in [-0.4, -0.2) is 50.1 Å². The molecular formula is C17H23ClF3N3O. The third-order valence-electron chi connectivity index (χ3n) is 4.71. The van der Waals surface area contributed by atoms with Crippen molar-refractivity contribution in [1.29, 1.82) is 0 Å². The van der Waals surface area contributed by atoms with E-state index < -0.39 is 11.7 Å². The first-order valence-electron chi connectivity index (χ1n) is 8.33. The molecule has 0 radical (unpaired) electrons. The molecule has 2 aliphatic rings. The second kappa shape index (κ2) is 8.38. The van der Waals surface area contributed by atoms with Crippen molar-refractivity contribution in [3.05, 3.63) is 35.4 Å². The Morgan fingerprint density at radius 1 is 1.28 bits per heavy atom. The molecule has 8 heteroatoms. The Bertz CT molecular complexity index is 591. The number of alkyl halides is 3. The fourth-order valence-corrected chi connectivity index (χ4v) is 3.20. The van der Waals surface area contributed by atoms with Crippen molar-refractivity contribution in [2.45, 2.75) is 18.5 Å². The SMILES string of the molecule is Cl.O=C(NCCN1CCNCC1)C1CC1c1cccc(C(F)(F)F)c1. The van der Waals surface area contributed by atoms with Gasteiger partial charge in [0.1, 0.15) is 0 Å². The van der Waals surface area contributed by atoms with Crippen molar-refractivity contribution < 1.29 is 18.0 Å². The van der Waals surface area contributed by atoms with Crippen molar-refractivity contribution >= 4 is 18.3 Å². The van der Waals surface area contributed by atoms with E-state index in [2.05, 4.69) is 15.5 Å². The van der Waals surface area contributed by atoms with E-state index >= 15 is 0 Å². The normalized spacial score (nSPS) is 23.6. The van der Waals surface area contributed by atoms with E-state index in [1.165, 1.54) is 12.1 Å². The summed E-state index contributed by atoms with van der Waals surface area (Å²) < 4.78 is 38.3. The first kappa shape index (κ1) is 20.0. The molecule has 2 unspecified atom stereocenters. The van der Waals surface area contributed by atoms with Crippen LogP contribution in [0.4, 0.5) is 13.2 Å². The lowest BCUT2D eigenvalue weighted by atomic mass is 10.1. The number of halogens is 4. The highest BCUT2D eigenvalue weighted by Crippen LogP contribution is 2.48. The maximum absolute atomic E-state index is 12.8. The molecule has 3 rings (SSSR count). The van der Waals surface area contributed by atoms with E-state index in [9.17, 15) is 18.0 Å². The lowest BCUT2D eigenvalue weighted by Crippen LogP contribution is -2.46. The van der Waals surface area contributed by atoms with E-state index in [0.717, 1.165) is 38.8 Å². The molecule has 2 fully saturated rings. The van der Waals surface area contributed by atoms with Gasteiger partial charge in [0.2, 0.25) is 5.91 Å². The number of rotatable bonds is 5. The van der Waals surface area contributed by atoms with Gasteiger partial charge in [-0.3, -0.25) is 9.69 Å². The first-order valence-corrected chi connectivity index (χ1v) is 8.33. The number of hydrogen-bond acceptors (Lipinski definition) is 3. The molecule has 1 aliphatic heterocycles. The molecule has 4 nitrogen and oxygen atoms in total. The second-order valence-electron chi connectivity index (χ2n) is 6.45. The van der Waals surface area contributed by atoms with Gasteiger partial charge in [-0.1, -0.05) is 18.2 Å². The highest BCUT2D eigenvalue weighted by molar-refractivity contribution is 5.85. The zero-order valence-electron chi connectivity index (χ0n) is 13.8. The lowest BCUT2D eigenvalue weighted by Gasteiger charge is -2.27. The average molecular weight is 378 g/mol. The molecule has 0 aromatic heterocycles. The average Bonchev–Trinajstić information content (AvgIpc) is 3.36. The van der Waals surface area contributed by atoms with Gasteiger partial charge in [-0.15, -0.1) is 12.4 Å². The lowest BCUT2D eigenvalue weighted by molar-refractivity contribution is -0.137. The zero-order valence-corrected chi connectivity index (χ0v) is 14.6. The molecule has 1 amide bonds. The van der Waals surface area contributed by atoms with E-state index in [0.29, 0.717) is 18.5 Å². The highest BCUT2D eigenvalue weighted by atomic mass is 35.5. The van der Waals surface area contributed by atoms with Gasteiger partial charge in [0, 0.05) is 45.2 Å². The van der Waals surface area contributed by atoms with Gasteiger partial charge in [-0.25, -0.2) is 0 Å². The summed E-state index contributed by atoms with van der Waals surface area (Å²) in [7, 11) is 0. The summed E-state index contributed by atoms with van der Waals surface area (Å²) in [6, 6.07) is 5.32. The summed E-state index contributed by atoms with van der Waals surface area (Å²) >= 11 is 0. The van der Waals surface area contributed by atoms with Gasteiger partial charge < -0.3 is 10.6 Å². The largest absolute Gasteiger partial charge is 0.416 e. The molecule has 1 saturated carbocycles. The van der Waals surface area contributed by atoms with Crippen LogP contribution < -0.4 is 10.6 Å². The molecule has 1 aromatic carbocycles. The molecule has 1 saturated heterocycles. The second-order valence-corrected chi connectivity index (χ2v) is 6.45. The topological polar surface area (TPSA) is 44.4 Å². The summed E-state index contributed by atoms with van der Waals surface area (Å²) in [5.74, 6) is -0.337. The number of carbonyl (C=O) groups excluding carboxylic acids is 1. The number of carbonyl (C=O) groups is 1. The maximum Gasteiger partial charge on any atom is 0.416 e. The van der Waals surface area contributed by atoms with Crippen LogP contribution in [0.2, 0.25) is 0 Å². The fraction of sp³-hybridized carbons (Fsp3) is 0.588. The predicted octanol–water partition coefficient (Wildman–Crippen LogP) is 2.25. The van der Waals surface area contributed by atoms with Crippen molar-refractivity contribution in [2.24, 2.45) is 5.92 Å². The van der Waals surface area contributed by atoms with Crippen LogP contribution in [0, 0.1) is 5.92 Å². The molecule has 2 N–H and O–H groups in total. The first-order chi connectivity index (χ1) is 11.4. The summed E-state index contributed by atoms with van der Waals surface area (Å²) in [5, 5.41) is 6.19. The minimum atomic E-state index is -4.34. The van der Waals surface area contributed by atoms with Crippen LogP contribution in [0.5, 0.6) is 0 Å². The summed E-state index contributed by atoms with van der Waals surface area (Å²) in [5.41, 5.74) is -0.0446. The van der Waals surface area contributed by atoms with Gasteiger partial charge in [-0.05, 0) is 24.0 Å². The van der Waals surface area contributed by atoms with Crippen molar-refractivity contribution in [3.8, 4) is 0 Å². The minimum absolute atomic E-state index is 0. The molecule has 0 bridgehead atoms. The van der Waals surface area contributed by atoms with E-state index in [1.807, 2.05) is 0 Å². The monoisotopic (exact) mass is 377 g/mol. The maximum atomic E-state index is 12.8. The Kier molecular flexibility index (Phi) is 6.71. The van der Waals surface area contributed by atoms with Crippen LogP contribution in [0.1, 0.15) is 23.5 Å². The van der Waals surface area contributed by atoms with Crippen LogP contribution in [-0.2, 0) is 11.0 Å². The van der Waals surface area contributed by atoms with E-state index in [1.54, 1.807) is 6.07 Å². The summed E-state index contributed by atoms with van der Waals surface area (Å²) in [6.45, 7) is 5.29. The van der Waals surface area contributed by atoms with Gasteiger partial charge in [0.25, 0.3) is 0 Å². The smallest absolute Gasteiger partial charge is 0.355 e. The van der Waals surface area contributed by atoms with Crippen molar-refractivity contribution in [3.63, 3.8) is 0 Å². The van der Waals surface area contributed by atoms with E-state index in [4.69, 9.17) is 0 Å². The minimum Gasteiger partial charge on any atom is -0.355 e. The van der Waals surface area contributed by atoms with Gasteiger partial charge in [-0.2, -0.15) is 13.2 Å². The van der Waals surface area contributed by atoms with Crippen LogP contribution in [0.15, 0.2) is 24.3 Å². The van der Waals surface area contributed by atoms with E-state index in [-0.39, 0.29) is 30.2 Å². The standard InChI is InChI=1S/C17H22F3N3O.ClH/c18-17(19,20)13-3-1-2-12(10-13)14-11-15(14)16(24)22-6-9-23-7-4-21-5-8-23;/h1-3,10,14-15,21H,4-9,11H2,(H,22,24);1H. The van der Waals surface area contributed by atoms with Crippen molar-refractivity contribution in [2.75, 3.05) is 39.3 Å². The fourth-order valence-electron chi connectivity index (χ4n) is 3.20. The van der Waals surface area contributed by atoms with Crippen LogP contribution in [0.3, 0.4) is 0 Å². The van der Waals surface area contributed by atoms with Gasteiger partial charge >= 0.3 is 6.18 Å². The zero-order chi connectivity index (χ0) is 17.2. The number of piperazine rings is 1. The quantitative estimate of drug-likeness (QED) is 0.827. The molecule has 1 aliphatic carbocycles. The Balaban J connectivity index is 0.00000225. The number of nitrogens with zero attached hydrogens (tertiary/aromatic N) is 1. The third-order valence-corrected chi connectivity index (χ3v) is 4.71. The molecule has 25 heavy (non-hydrogen) atoms. The van der Waals surface area contributed by atoms with Crippen molar-refractivity contribution in [1.82, 2.24) is 15.5 Å². The molecule has 140 valence electrons. The Hall–Kier alpha value is -1.31. The Morgan fingerprint density at radius 2 is 2.00 bits per heavy atom. The molecule has 2 atom stereocenters. The summed E-state index contributed by atoms with van der Waals surface area (Å²) in [4.78, 5) is 14.4. The molecular weight excluding hydrogens is 355 g/mol. The predicted molar refractivity (Wildman–Crippen MR) is 91.9 cm³/mol. The number of hydrogen-bond donors (Lipinski definition) is 2. The van der Waals surface area contributed by atoms with Gasteiger partial charge in [0.05, 0.1) is 5.56 Å². The van der Waals surface area contributed by atoms with Crippen LogP contribution in [0.25, 0.3) is 0 Å². The molecule has 1 heterocycles.